The van der Waals surface area contributed by atoms with E-state index in [1.54, 1.807) is 0 Å². The molecule has 0 aliphatic carbocycles. The van der Waals surface area contributed by atoms with Crippen LogP contribution < -0.4 is 5.56 Å². The molecular weight excluding hydrogens is 394 g/mol. The molecule has 0 N–H and O–H groups in total. The molecule has 1 saturated heterocycles. The minimum absolute atomic E-state index is 0.0685. The number of thioether (sulfide) groups is 1. The van der Waals surface area contributed by atoms with Crippen LogP contribution in [0.2, 0.25) is 0 Å². The number of aliphatic imine (C=N–C) groups is 1. The Morgan fingerprint density at radius 2 is 1.97 bits per heavy atom. The Bertz CT molecular complexity index is 1220. The van der Waals surface area contributed by atoms with Gasteiger partial charge in [0.2, 0.25) is 5.91 Å². The lowest BCUT2D eigenvalue weighted by atomic mass is 10.2. The molecule has 2 heterocycles. The van der Waals surface area contributed by atoms with Crippen molar-refractivity contribution >= 4 is 45.1 Å². The molecule has 10 heteroatoms. The fourth-order valence-corrected chi connectivity index (χ4v) is 3.76. The Hall–Kier alpha value is -3.53. The second kappa shape index (κ2) is 7.47. The van der Waals surface area contributed by atoms with Crippen molar-refractivity contribution in [2.45, 2.75) is 13.6 Å². The second-order valence-corrected chi connectivity index (χ2v) is 7.40. The van der Waals surface area contributed by atoms with Crippen LogP contribution in [0.4, 0.5) is 11.4 Å². The Balaban J connectivity index is 1.69. The number of nitrogens with zero attached hydrogens (tertiary/aromatic N) is 5. The van der Waals surface area contributed by atoms with Crippen LogP contribution >= 0.6 is 11.8 Å². The zero-order chi connectivity index (χ0) is 20.5. The van der Waals surface area contributed by atoms with Crippen molar-refractivity contribution < 1.29 is 9.72 Å². The highest BCUT2D eigenvalue weighted by Gasteiger charge is 2.29. The molecule has 29 heavy (non-hydrogen) atoms. The van der Waals surface area contributed by atoms with Gasteiger partial charge in [-0.2, -0.15) is 0 Å². The number of nitro groups is 1. The summed E-state index contributed by atoms with van der Waals surface area (Å²) in [6, 6.07) is 11.5. The SMILES string of the molecule is Cc1ccc(N=C2SCC(=O)N2Cn2cnc3ccc([N+](=O)[O-])cc3c2=O)cc1. The fourth-order valence-electron chi connectivity index (χ4n) is 2.86. The highest BCUT2D eigenvalue weighted by Crippen LogP contribution is 2.24. The summed E-state index contributed by atoms with van der Waals surface area (Å²) < 4.78 is 1.25. The van der Waals surface area contributed by atoms with E-state index in [9.17, 15) is 19.7 Å². The quantitative estimate of drug-likeness (QED) is 0.484. The summed E-state index contributed by atoms with van der Waals surface area (Å²) in [5, 5.41) is 11.6. The number of fused-ring (bicyclic) bond motifs is 1. The maximum absolute atomic E-state index is 12.8. The number of benzene rings is 2. The number of nitro benzene ring substituents is 1. The van der Waals surface area contributed by atoms with E-state index in [1.807, 2.05) is 31.2 Å². The smallest absolute Gasteiger partial charge is 0.270 e. The minimum atomic E-state index is -0.566. The van der Waals surface area contributed by atoms with Crippen molar-refractivity contribution in [1.82, 2.24) is 14.5 Å². The molecule has 146 valence electrons. The second-order valence-electron chi connectivity index (χ2n) is 6.46. The standard InChI is InChI=1S/C19H15N5O4S/c1-12-2-4-13(5-3-12)21-19-23(17(25)9-29-19)11-22-10-20-16-7-6-14(24(27)28)8-15(16)18(22)26/h2-8,10H,9,11H2,1H3. The van der Waals surface area contributed by atoms with Gasteiger partial charge in [-0.05, 0) is 25.1 Å². The van der Waals surface area contributed by atoms with E-state index in [1.165, 1.54) is 45.8 Å². The summed E-state index contributed by atoms with van der Waals surface area (Å²) in [5.74, 6) is 0.0539. The van der Waals surface area contributed by atoms with E-state index in [4.69, 9.17) is 0 Å². The molecule has 1 aliphatic heterocycles. The number of rotatable bonds is 4. The molecule has 0 spiro atoms. The van der Waals surface area contributed by atoms with Crippen molar-refractivity contribution in [2.24, 2.45) is 4.99 Å². The van der Waals surface area contributed by atoms with Crippen LogP contribution in [-0.2, 0) is 11.5 Å². The topological polar surface area (TPSA) is 111 Å². The summed E-state index contributed by atoms with van der Waals surface area (Å²) in [6.45, 7) is 1.90. The first-order valence-corrected chi connectivity index (χ1v) is 9.63. The zero-order valence-electron chi connectivity index (χ0n) is 15.3. The van der Waals surface area contributed by atoms with Crippen LogP contribution in [-0.4, -0.2) is 36.2 Å². The van der Waals surface area contributed by atoms with Crippen molar-refractivity contribution in [3.63, 3.8) is 0 Å². The number of carbonyl (C=O) groups is 1. The number of non-ortho nitro benzene ring substituents is 1. The third kappa shape index (κ3) is 3.74. The molecule has 0 saturated carbocycles. The maximum atomic E-state index is 12.8. The van der Waals surface area contributed by atoms with Crippen LogP contribution in [0.5, 0.6) is 0 Å². The first-order valence-electron chi connectivity index (χ1n) is 8.64. The first-order chi connectivity index (χ1) is 13.9. The van der Waals surface area contributed by atoms with E-state index in [0.717, 1.165) is 5.56 Å². The first kappa shape index (κ1) is 18.8. The summed E-state index contributed by atoms with van der Waals surface area (Å²) >= 11 is 1.29. The average molecular weight is 409 g/mol. The van der Waals surface area contributed by atoms with Gasteiger partial charge in [0.15, 0.2) is 5.17 Å². The molecule has 2 aromatic carbocycles. The Kier molecular flexibility index (Phi) is 4.85. The lowest BCUT2D eigenvalue weighted by Crippen LogP contribution is -2.36. The summed E-state index contributed by atoms with van der Waals surface area (Å²) in [6.07, 6.45) is 1.33. The van der Waals surface area contributed by atoms with E-state index < -0.39 is 10.5 Å². The van der Waals surface area contributed by atoms with Gasteiger partial charge in [0, 0.05) is 12.1 Å². The number of carbonyl (C=O) groups excluding carboxylic acids is 1. The zero-order valence-corrected chi connectivity index (χ0v) is 16.1. The van der Waals surface area contributed by atoms with Crippen LogP contribution in [0.3, 0.4) is 0 Å². The van der Waals surface area contributed by atoms with Gasteiger partial charge in [0.05, 0.1) is 33.6 Å². The van der Waals surface area contributed by atoms with Crippen LogP contribution in [0.25, 0.3) is 10.9 Å². The number of amidine groups is 1. The maximum Gasteiger partial charge on any atom is 0.270 e. The van der Waals surface area contributed by atoms with Gasteiger partial charge in [-0.1, -0.05) is 29.5 Å². The van der Waals surface area contributed by atoms with Gasteiger partial charge in [-0.3, -0.25) is 29.2 Å². The van der Waals surface area contributed by atoms with Crippen LogP contribution in [0, 0.1) is 17.0 Å². The number of hydrogen-bond donors (Lipinski definition) is 0. The minimum Gasteiger partial charge on any atom is -0.280 e. The Morgan fingerprint density at radius 3 is 2.69 bits per heavy atom. The van der Waals surface area contributed by atoms with Gasteiger partial charge in [0.25, 0.3) is 11.2 Å². The lowest BCUT2D eigenvalue weighted by Gasteiger charge is -2.17. The highest BCUT2D eigenvalue weighted by atomic mass is 32.2. The molecule has 1 amide bonds. The largest absolute Gasteiger partial charge is 0.280 e. The predicted octanol–water partition coefficient (Wildman–Crippen LogP) is 2.83. The van der Waals surface area contributed by atoms with Gasteiger partial charge < -0.3 is 0 Å². The van der Waals surface area contributed by atoms with Gasteiger partial charge in [0.1, 0.15) is 6.67 Å². The van der Waals surface area contributed by atoms with Gasteiger partial charge in [-0.15, -0.1) is 0 Å². The molecule has 0 atom stereocenters. The van der Waals surface area contributed by atoms with E-state index in [2.05, 4.69) is 9.98 Å². The van der Waals surface area contributed by atoms with E-state index >= 15 is 0 Å². The van der Waals surface area contributed by atoms with Crippen molar-refractivity contribution in [3.8, 4) is 0 Å². The highest BCUT2D eigenvalue weighted by molar-refractivity contribution is 8.15. The molecule has 0 bridgehead atoms. The molecule has 1 aromatic heterocycles. The molecule has 1 fully saturated rings. The third-order valence-corrected chi connectivity index (χ3v) is 5.39. The van der Waals surface area contributed by atoms with Gasteiger partial charge >= 0.3 is 0 Å². The number of aromatic nitrogens is 2. The van der Waals surface area contributed by atoms with Crippen molar-refractivity contribution in [3.05, 3.63) is 74.8 Å². The molecule has 4 rings (SSSR count). The number of amides is 1. The van der Waals surface area contributed by atoms with Crippen molar-refractivity contribution in [1.29, 1.82) is 0 Å². The average Bonchev–Trinajstić information content (AvgIpc) is 3.05. The predicted molar refractivity (Wildman–Crippen MR) is 110 cm³/mol. The fraction of sp³-hybridized carbons (Fsp3) is 0.158. The van der Waals surface area contributed by atoms with Crippen LogP contribution in [0.1, 0.15) is 5.56 Å². The molecule has 0 radical (unpaired) electrons. The molecular formula is C19H15N5O4S. The number of aryl methyl sites for hydroxylation is 1. The Morgan fingerprint density at radius 1 is 1.21 bits per heavy atom. The van der Waals surface area contributed by atoms with Crippen molar-refractivity contribution in [2.75, 3.05) is 5.75 Å². The molecule has 0 unspecified atom stereocenters. The molecule has 1 aliphatic rings. The molecule has 3 aromatic rings. The normalized spacial score (nSPS) is 15.4. The molecule has 9 nitrogen and oxygen atoms in total. The van der Waals surface area contributed by atoms with E-state index in [-0.39, 0.29) is 29.4 Å². The number of hydrogen-bond acceptors (Lipinski definition) is 7. The summed E-state index contributed by atoms with van der Waals surface area (Å²) in [5.41, 5.74) is 1.51. The lowest BCUT2D eigenvalue weighted by molar-refractivity contribution is -0.384. The van der Waals surface area contributed by atoms with Crippen LogP contribution in [0.15, 0.2) is 58.6 Å². The summed E-state index contributed by atoms with van der Waals surface area (Å²) in [7, 11) is 0. The third-order valence-electron chi connectivity index (χ3n) is 4.43. The monoisotopic (exact) mass is 409 g/mol. The summed E-state index contributed by atoms with van der Waals surface area (Å²) in [4.78, 5) is 45.7. The van der Waals surface area contributed by atoms with E-state index in [0.29, 0.717) is 16.4 Å². The van der Waals surface area contributed by atoms with Gasteiger partial charge in [-0.25, -0.2) is 9.98 Å². The Labute approximate surface area is 168 Å².